The number of ether oxygens (including phenoxy) is 1. The topological polar surface area (TPSA) is 53.3 Å². The highest BCUT2D eigenvalue weighted by Crippen LogP contribution is 2.34. The molecular formula is C14H22N2O2. The lowest BCUT2D eigenvalue weighted by Gasteiger charge is -2.33. The van der Waals surface area contributed by atoms with E-state index in [0.717, 1.165) is 19.5 Å². The average Bonchev–Trinajstić information content (AvgIpc) is 2.87. The number of likely N-dealkylation sites (tertiary alicyclic amines) is 1. The quantitative estimate of drug-likeness (QED) is 0.769. The van der Waals surface area contributed by atoms with Crippen molar-refractivity contribution in [3.8, 4) is 6.07 Å². The second kappa shape index (κ2) is 5.71. The van der Waals surface area contributed by atoms with Crippen LogP contribution in [-0.4, -0.2) is 37.1 Å². The lowest BCUT2D eigenvalue weighted by atomic mass is 9.80. The lowest BCUT2D eigenvalue weighted by molar-refractivity contribution is -0.142. The standard InChI is InChI=1S/C14H22N2O2/c1-2-3-12-4-7-16(10-12)13(17)14(11-15)5-8-18-9-6-14/h12H,2-10H2,1H3. The zero-order valence-electron chi connectivity index (χ0n) is 11.2. The number of carbonyl (C=O) groups is 1. The Morgan fingerprint density at radius 3 is 2.83 bits per heavy atom. The van der Waals surface area contributed by atoms with Crippen molar-refractivity contribution >= 4 is 5.91 Å². The number of carbonyl (C=O) groups excluding carboxylic acids is 1. The molecule has 1 amide bonds. The first-order valence-electron chi connectivity index (χ1n) is 7.00. The molecule has 2 fully saturated rings. The molecule has 2 saturated heterocycles. The Bertz CT molecular complexity index is 342. The van der Waals surface area contributed by atoms with Crippen molar-refractivity contribution in [3.05, 3.63) is 0 Å². The number of hydrogen-bond acceptors (Lipinski definition) is 3. The van der Waals surface area contributed by atoms with E-state index in [0.29, 0.717) is 32.0 Å². The Morgan fingerprint density at radius 1 is 1.50 bits per heavy atom. The first kappa shape index (κ1) is 13.4. The summed E-state index contributed by atoms with van der Waals surface area (Å²) in [6.07, 6.45) is 4.56. The van der Waals surface area contributed by atoms with Crippen LogP contribution in [-0.2, 0) is 9.53 Å². The van der Waals surface area contributed by atoms with E-state index in [9.17, 15) is 10.1 Å². The number of nitrogens with zero attached hydrogens (tertiary/aromatic N) is 2. The molecule has 0 saturated carbocycles. The van der Waals surface area contributed by atoms with Crippen molar-refractivity contribution in [1.82, 2.24) is 4.90 Å². The molecule has 4 heteroatoms. The van der Waals surface area contributed by atoms with Crippen LogP contribution in [0.5, 0.6) is 0 Å². The van der Waals surface area contributed by atoms with Crippen LogP contribution < -0.4 is 0 Å². The predicted octanol–water partition coefficient (Wildman–Crippen LogP) is 1.96. The third-order valence-corrected chi connectivity index (χ3v) is 4.24. The van der Waals surface area contributed by atoms with E-state index >= 15 is 0 Å². The molecule has 0 aromatic carbocycles. The van der Waals surface area contributed by atoms with Gasteiger partial charge < -0.3 is 9.64 Å². The number of hydrogen-bond donors (Lipinski definition) is 0. The van der Waals surface area contributed by atoms with Crippen LogP contribution in [0.2, 0.25) is 0 Å². The minimum absolute atomic E-state index is 0.0481. The Hall–Kier alpha value is -1.08. The fourth-order valence-electron chi connectivity index (χ4n) is 3.06. The van der Waals surface area contributed by atoms with Gasteiger partial charge in [-0.05, 0) is 31.6 Å². The van der Waals surface area contributed by atoms with Gasteiger partial charge in [0.25, 0.3) is 0 Å². The van der Waals surface area contributed by atoms with E-state index in [1.807, 2.05) is 4.90 Å². The smallest absolute Gasteiger partial charge is 0.243 e. The number of amides is 1. The summed E-state index contributed by atoms with van der Waals surface area (Å²) in [6.45, 7) is 4.92. The van der Waals surface area contributed by atoms with Crippen LogP contribution in [0.1, 0.15) is 39.0 Å². The van der Waals surface area contributed by atoms with Crippen molar-refractivity contribution < 1.29 is 9.53 Å². The average molecular weight is 250 g/mol. The summed E-state index contributed by atoms with van der Waals surface area (Å²) in [5.41, 5.74) is -0.806. The molecule has 0 aliphatic carbocycles. The molecule has 2 rings (SSSR count). The highest BCUT2D eigenvalue weighted by molar-refractivity contribution is 5.85. The summed E-state index contributed by atoms with van der Waals surface area (Å²) in [7, 11) is 0. The van der Waals surface area contributed by atoms with Gasteiger partial charge in [0.15, 0.2) is 0 Å². The van der Waals surface area contributed by atoms with Crippen molar-refractivity contribution in [1.29, 1.82) is 5.26 Å². The minimum atomic E-state index is -0.806. The molecular weight excluding hydrogens is 228 g/mol. The van der Waals surface area contributed by atoms with E-state index in [1.165, 1.54) is 12.8 Å². The molecule has 2 aliphatic heterocycles. The molecule has 4 nitrogen and oxygen atoms in total. The van der Waals surface area contributed by atoms with Crippen LogP contribution in [0.3, 0.4) is 0 Å². The highest BCUT2D eigenvalue weighted by Gasteiger charge is 2.44. The van der Waals surface area contributed by atoms with Gasteiger partial charge in [-0.2, -0.15) is 5.26 Å². The maximum absolute atomic E-state index is 12.6. The largest absolute Gasteiger partial charge is 0.381 e. The summed E-state index contributed by atoms with van der Waals surface area (Å²) in [6, 6.07) is 2.27. The molecule has 0 spiro atoms. The van der Waals surface area contributed by atoms with Crippen LogP contribution >= 0.6 is 0 Å². The lowest BCUT2D eigenvalue weighted by Crippen LogP contribution is -2.45. The molecule has 0 bridgehead atoms. The fraction of sp³-hybridized carbons (Fsp3) is 0.857. The normalized spacial score (nSPS) is 26.9. The summed E-state index contributed by atoms with van der Waals surface area (Å²) < 4.78 is 5.28. The van der Waals surface area contributed by atoms with Crippen molar-refractivity contribution in [2.75, 3.05) is 26.3 Å². The zero-order chi connectivity index (χ0) is 13.0. The third kappa shape index (κ3) is 2.51. The maximum atomic E-state index is 12.6. The van der Waals surface area contributed by atoms with Gasteiger partial charge in [-0.25, -0.2) is 0 Å². The number of nitriles is 1. The summed E-state index contributed by atoms with van der Waals surface area (Å²) in [5.74, 6) is 0.682. The molecule has 0 aromatic rings. The van der Waals surface area contributed by atoms with Gasteiger partial charge >= 0.3 is 0 Å². The van der Waals surface area contributed by atoms with E-state index in [1.54, 1.807) is 0 Å². The van der Waals surface area contributed by atoms with Crippen molar-refractivity contribution in [3.63, 3.8) is 0 Å². The predicted molar refractivity (Wildman–Crippen MR) is 67.7 cm³/mol. The van der Waals surface area contributed by atoms with Gasteiger partial charge in [0, 0.05) is 26.3 Å². The molecule has 1 atom stereocenters. The van der Waals surface area contributed by atoms with Gasteiger partial charge in [0.1, 0.15) is 5.41 Å². The van der Waals surface area contributed by atoms with Crippen LogP contribution in [0.25, 0.3) is 0 Å². The maximum Gasteiger partial charge on any atom is 0.243 e. The second-order valence-corrected chi connectivity index (χ2v) is 5.50. The molecule has 2 heterocycles. The third-order valence-electron chi connectivity index (χ3n) is 4.24. The van der Waals surface area contributed by atoms with Crippen LogP contribution in [0, 0.1) is 22.7 Å². The summed E-state index contributed by atoms with van der Waals surface area (Å²) >= 11 is 0. The van der Waals surface area contributed by atoms with Gasteiger partial charge in [-0.1, -0.05) is 13.3 Å². The minimum Gasteiger partial charge on any atom is -0.381 e. The summed E-state index contributed by atoms with van der Waals surface area (Å²) in [4.78, 5) is 14.5. The van der Waals surface area contributed by atoms with Gasteiger partial charge in [0.05, 0.1) is 6.07 Å². The Kier molecular flexibility index (Phi) is 4.23. The zero-order valence-corrected chi connectivity index (χ0v) is 11.2. The monoisotopic (exact) mass is 250 g/mol. The molecule has 100 valence electrons. The highest BCUT2D eigenvalue weighted by atomic mass is 16.5. The van der Waals surface area contributed by atoms with E-state index in [-0.39, 0.29) is 5.91 Å². The molecule has 0 N–H and O–H groups in total. The van der Waals surface area contributed by atoms with E-state index in [4.69, 9.17) is 4.74 Å². The van der Waals surface area contributed by atoms with Crippen molar-refractivity contribution in [2.45, 2.75) is 39.0 Å². The molecule has 0 radical (unpaired) electrons. The number of rotatable bonds is 3. The molecule has 18 heavy (non-hydrogen) atoms. The Morgan fingerprint density at radius 2 is 2.22 bits per heavy atom. The second-order valence-electron chi connectivity index (χ2n) is 5.50. The Labute approximate surface area is 109 Å². The van der Waals surface area contributed by atoms with E-state index < -0.39 is 5.41 Å². The van der Waals surface area contributed by atoms with Crippen molar-refractivity contribution in [2.24, 2.45) is 11.3 Å². The fourth-order valence-corrected chi connectivity index (χ4v) is 3.06. The first-order chi connectivity index (χ1) is 8.72. The molecule has 2 aliphatic rings. The van der Waals surface area contributed by atoms with Gasteiger partial charge in [-0.15, -0.1) is 0 Å². The molecule has 0 aromatic heterocycles. The van der Waals surface area contributed by atoms with Gasteiger partial charge in [-0.3, -0.25) is 4.79 Å². The van der Waals surface area contributed by atoms with E-state index in [2.05, 4.69) is 13.0 Å². The van der Waals surface area contributed by atoms with Crippen LogP contribution in [0.4, 0.5) is 0 Å². The molecule has 1 unspecified atom stereocenters. The van der Waals surface area contributed by atoms with Gasteiger partial charge in [0.2, 0.25) is 5.91 Å². The summed E-state index contributed by atoms with van der Waals surface area (Å²) in [5, 5.41) is 9.39. The first-order valence-corrected chi connectivity index (χ1v) is 7.00. The SMILES string of the molecule is CCCC1CCN(C(=O)C2(C#N)CCOCC2)C1. The Balaban J connectivity index is 2.00. The van der Waals surface area contributed by atoms with Crippen LogP contribution in [0.15, 0.2) is 0 Å².